The second-order valence-electron chi connectivity index (χ2n) is 7.52. The average Bonchev–Trinajstić information content (AvgIpc) is 2.85. The van der Waals surface area contributed by atoms with E-state index in [4.69, 9.17) is 5.73 Å². The maximum absolute atomic E-state index is 5.85. The number of nitrogen functional groups attached to an aromatic ring is 1. The molecule has 2 aromatic carbocycles. The van der Waals surface area contributed by atoms with Crippen LogP contribution in [0, 0.1) is 0 Å². The van der Waals surface area contributed by atoms with E-state index in [2.05, 4.69) is 78.5 Å². The minimum absolute atomic E-state index is 0.902. The van der Waals surface area contributed by atoms with Crippen molar-refractivity contribution in [1.29, 1.82) is 0 Å². The molecule has 0 unspecified atom stereocenters. The smallest absolute Gasteiger partial charge is 0.0346 e. The molecule has 0 saturated heterocycles. The van der Waals surface area contributed by atoms with Gasteiger partial charge in [0.25, 0.3) is 0 Å². The van der Waals surface area contributed by atoms with Gasteiger partial charge in [-0.3, -0.25) is 0 Å². The third kappa shape index (κ3) is 22.7. The fourth-order valence-electron chi connectivity index (χ4n) is 2.55. The Kier molecular flexibility index (Phi) is 31.3. The lowest BCUT2D eigenvalue weighted by molar-refractivity contribution is 0.702. The van der Waals surface area contributed by atoms with E-state index in [1.165, 1.54) is 56.1 Å². The van der Waals surface area contributed by atoms with Crippen LogP contribution >= 0.6 is 0 Å². The van der Waals surface area contributed by atoms with Crippen LogP contribution in [0.1, 0.15) is 117 Å². The van der Waals surface area contributed by atoms with E-state index < -0.39 is 0 Å². The molecule has 2 aromatic rings. The molecule has 0 heterocycles. The molecule has 0 saturated carbocycles. The number of aryl methyl sites for hydroxylation is 2. The zero-order valence-corrected chi connectivity index (χ0v) is 22.8. The number of hydrogen-bond donors (Lipinski definition) is 1. The monoisotopic (exact) mass is 441 g/mol. The van der Waals surface area contributed by atoms with Crippen LogP contribution in [-0.4, -0.2) is 0 Å². The van der Waals surface area contributed by atoms with Crippen LogP contribution in [0.5, 0.6) is 0 Å². The predicted octanol–water partition coefficient (Wildman–Crippen LogP) is 10.5. The van der Waals surface area contributed by atoms with Gasteiger partial charge in [0.1, 0.15) is 0 Å². The Bertz CT molecular complexity index is 597. The van der Waals surface area contributed by atoms with Gasteiger partial charge in [-0.25, -0.2) is 0 Å². The van der Waals surface area contributed by atoms with Gasteiger partial charge in [-0.05, 0) is 48.1 Å². The van der Waals surface area contributed by atoms with E-state index in [9.17, 15) is 0 Å². The lowest BCUT2D eigenvalue weighted by Gasteiger charge is -2.05. The van der Waals surface area contributed by atoms with Gasteiger partial charge >= 0.3 is 0 Å². The minimum Gasteiger partial charge on any atom is -0.399 e. The Balaban J connectivity index is -0.000000381. The number of nitrogens with two attached hydrogens (primary N) is 1. The Morgan fingerprint density at radius 3 is 1.62 bits per heavy atom. The van der Waals surface area contributed by atoms with E-state index in [-0.39, 0.29) is 0 Å². The number of anilines is 1. The Morgan fingerprint density at radius 1 is 0.750 bits per heavy atom. The first-order valence-corrected chi connectivity index (χ1v) is 13.1. The molecule has 2 rings (SSSR count). The second kappa shape index (κ2) is 29.0. The molecule has 0 aliphatic carbocycles. The molecule has 0 aromatic heterocycles. The summed E-state index contributed by atoms with van der Waals surface area (Å²) in [5, 5.41) is 0. The van der Waals surface area contributed by atoms with Crippen LogP contribution in [-0.2, 0) is 12.8 Å². The Labute approximate surface area is 202 Å². The van der Waals surface area contributed by atoms with Crippen molar-refractivity contribution in [3.63, 3.8) is 0 Å². The molecular formula is C31H55N. The van der Waals surface area contributed by atoms with E-state index >= 15 is 0 Å². The zero-order chi connectivity index (χ0) is 25.0. The summed E-state index contributed by atoms with van der Waals surface area (Å²) >= 11 is 0. The quantitative estimate of drug-likeness (QED) is 0.320. The van der Waals surface area contributed by atoms with Crippen LogP contribution in [0.2, 0.25) is 0 Å². The van der Waals surface area contributed by atoms with E-state index in [0.717, 1.165) is 24.1 Å². The first-order valence-electron chi connectivity index (χ1n) is 13.1. The van der Waals surface area contributed by atoms with E-state index in [0.29, 0.717) is 0 Å². The van der Waals surface area contributed by atoms with Crippen molar-refractivity contribution in [3.05, 3.63) is 71.8 Å². The van der Waals surface area contributed by atoms with Crippen molar-refractivity contribution in [2.75, 3.05) is 5.73 Å². The van der Waals surface area contributed by atoms with Crippen LogP contribution < -0.4 is 5.73 Å². The SMILES string of the molecule is C=Cc1ccc(N)c(CCCC)c1.CC.CCC.CCCCCC.CCc1ccccc1. The lowest BCUT2D eigenvalue weighted by atomic mass is 10.0. The maximum atomic E-state index is 5.85. The highest BCUT2D eigenvalue weighted by atomic mass is 14.6. The number of unbranched alkanes of at least 4 members (excludes halogenated alkanes) is 4. The van der Waals surface area contributed by atoms with Crippen molar-refractivity contribution in [2.45, 2.75) is 113 Å². The van der Waals surface area contributed by atoms with Gasteiger partial charge in [0.05, 0.1) is 0 Å². The highest BCUT2D eigenvalue weighted by Crippen LogP contribution is 2.17. The largest absolute Gasteiger partial charge is 0.399 e. The molecule has 0 radical (unpaired) electrons. The third-order valence-corrected chi connectivity index (χ3v) is 4.41. The minimum atomic E-state index is 0.902. The number of benzene rings is 2. The van der Waals surface area contributed by atoms with Gasteiger partial charge in [0, 0.05) is 5.69 Å². The van der Waals surface area contributed by atoms with Crippen LogP contribution in [0.4, 0.5) is 5.69 Å². The summed E-state index contributed by atoms with van der Waals surface area (Å²) in [6, 6.07) is 16.5. The molecule has 1 nitrogen and oxygen atoms in total. The molecule has 0 fully saturated rings. The fourth-order valence-corrected chi connectivity index (χ4v) is 2.55. The normalized spacial score (nSPS) is 8.75. The Hall–Kier alpha value is -2.02. The molecule has 0 aliphatic heterocycles. The Morgan fingerprint density at radius 2 is 1.25 bits per heavy atom. The predicted molar refractivity (Wildman–Crippen MR) is 153 cm³/mol. The average molecular weight is 442 g/mol. The first-order chi connectivity index (χ1) is 15.5. The first kappa shape index (κ1) is 34.6. The summed E-state index contributed by atoms with van der Waals surface area (Å²) in [6.07, 6.45) is 13.3. The van der Waals surface area contributed by atoms with Gasteiger partial charge in [-0.15, -0.1) is 0 Å². The van der Waals surface area contributed by atoms with Crippen molar-refractivity contribution >= 4 is 11.8 Å². The van der Waals surface area contributed by atoms with Crippen molar-refractivity contribution in [3.8, 4) is 0 Å². The number of rotatable bonds is 8. The summed E-state index contributed by atoms with van der Waals surface area (Å²) in [7, 11) is 0. The van der Waals surface area contributed by atoms with E-state index in [1.54, 1.807) is 0 Å². The summed E-state index contributed by atoms with van der Waals surface area (Å²) in [4.78, 5) is 0. The van der Waals surface area contributed by atoms with Crippen LogP contribution in [0.3, 0.4) is 0 Å². The molecule has 0 amide bonds. The van der Waals surface area contributed by atoms with Crippen molar-refractivity contribution < 1.29 is 0 Å². The zero-order valence-electron chi connectivity index (χ0n) is 22.8. The van der Waals surface area contributed by atoms with Crippen LogP contribution in [0.15, 0.2) is 55.1 Å². The van der Waals surface area contributed by atoms with Gasteiger partial charge in [0.2, 0.25) is 0 Å². The molecule has 1 heteroatoms. The van der Waals surface area contributed by atoms with Crippen molar-refractivity contribution in [1.82, 2.24) is 0 Å². The van der Waals surface area contributed by atoms with Gasteiger partial charge in [-0.2, -0.15) is 0 Å². The molecule has 0 bridgehead atoms. The number of hydrogen-bond acceptors (Lipinski definition) is 1. The topological polar surface area (TPSA) is 26.0 Å². The second-order valence-corrected chi connectivity index (χ2v) is 7.52. The maximum Gasteiger partial charge on any atom is 0.0346 e. The van der Waals surface area contributed by atoms with Crippen molar-refractivity contribution in [2.24, 2.45) is 0 Å². The molecular weight excluding hydrogens is 386 g/mol. The third-order valence-electron chi connectivity index (χ3n) is 4.41. The molecule has 184 valence electrons. The van der Waals surface area contributed by atoms with Crippen LogP contribution in [0.25, 0.3) is 6.08 Å². The summed E-state index contributed by atoms with van der Waals surface area (Å²) < 4.78 is 0. The summed E-state index contributed by atoms with van der Waals surface area (Å²) in [6.45, 7) is 20.8. The lowest BCUT2D eigenvalue weighted by Crippen LogP contribution is -1.94. The van der Waals surface area contributed by atoms with Gasteiger partial charge in [-0.1, -0.05) is 143 Å². The highest BCUT2D eigenvalue weighted by molar-refractivity contribution is 5.56. The summed E-state index contributed by atoms with van der Waals surface area (Å²) in [5.74, 6) is 0. The molecule has 32 heavy (non-hydrogen) atoms. The van der Waals surface area contributed by atoms with Gasteiger partial charge < -0.3 is 5.73 Å². The summed E-state index contributed by atoms with van der Waals surface area (Å²) in [5.41, 5.74) is 10.6. The fraction of sp³-hybridized carbons (Fsp3) is 0.548. The highest BCUT2D eigenvalue weighted by Gasteiger charge is 1.98. The molecule has 0 atom stereocenters. The molecule has 0 spiro atoms. The van der Waals surface area contributed by atoms with E-state index in [1.807, 2.05) is 38.1 Å². The standard InChI is InChI=1S/C12H17N.C8H10.C6H14.C3H8.C2H6/c1-3-5-6-11-9-10(4-2)7-8-12(11)13;1-2-8-6-4-3-5-7-8;1-3-5-6-4-2;1-3-2;1-2/h4,7-9H,2-3,5-6,13H2,1H3;3-7H,2H2,1H3;3-6H2,1-2H3;3H2,1-2H3;1-2H3. The molecule has 0 aliphatic rings. The van der Waals surface area contributed by atoms with Gasteiger partial charge in [0.15, 0.2) is 0 Å². The molecule has 2 N–H and O–H groups in total.